The summed E-state index contributed by atoms with van der Waals surface area (Å²) in [5.74, 6) is -1.37. The van der Waals surface area contributed by atoms with Crippen molar-refractivity contribution < 1.29 is 23.9 Å². The van der Waals surface area contributed by atoms with Crippen molar-refractivity contribution in [2.24, 2.45) is 0 Å². The van der Waals surface area contributed by atoms with Gasteiger partial charge in [0.25, 0.3) is 0 Å². The van der Waals surface area contributed by atoms with Crippen molar-refractivity contribution in [1.82, 2.24) is 0 Å². The average molecular weight is 384 g/mol. The van der Waals surface area contributed by atoms with E-state index in [1.54, 1.807) is 47.5 Å². The van der Waals surface area contributed by atoms with Gasteiger partial charge in [0.1, 0.15) is 5.70 Å². The number of methoxy groups -OCH3 is 2. The summed E-state index contributed by atoms with van der Waals surface area (Å²) in [4.78, 5) is 38.0. The lowest BCUT2D eigenvalue weighted by Gasteiger charge is -2.23. The number of anilines is 2. The Bertz CT molecular complexity index is 822. The predicted octanol–water partition coefficient (Wildman–Crippen LogP) is 3.31. The molecule has 7 heteroatoms. The van der Waals surface area contributed by atoms with Crippen LogP contribution in [0.2, 0.25) is 0 Å². The molecule has 1 aliphatic rings. The van der Waals surface area contributed by atoms with Crippen LogP contribution in [0.25, 0.3) is 0 Å². The first kappa shape index (κ1) is 21.0. The van der Waals surface area contributed by atoms with E-state index in [0.29, 0.717) is 17.8 Å². The molecule has 1 aliphatic heterocycles. The van der Waals surface area contributed by atoms with E-state index in [9.17, 15) is 14.4 Å². The molecule has 28 heavy (non-hydrogen) atoms. The van der Waals surface area contributed by atoms with Crippen LogP contribution in [-0.4, -0.2) is 32.1 Å². The molecule has 0 saturated carbocycles. The number of amides is 1. The minimum atomic E-state index is -0.673. The largest absolute Gasteiger partial charge is 0.465 e. The summed E-state index contributed by atoms with van der Waals surface area (Å²) in [7, 11) is 2.49. The number of rotatable bonds is 7. The van der Waals surface area contributed by atoms with Gasteiger partial charge < -0.3 is 19.7 Å². The summed E-state index contributed by atoms with van der Waals surface area (Å²) in [6.45, 7) is 2.03. The van der Waals surface area contributed by atoms with Crippen LogP contribution >= 0.6 is 0 Å². The molecule has 0 atom stereocenters. The van der Waals surface area contributed by atoms with E-state index < -0.39 is 11.9 Å². The molecule has 0 unspecified atom stereocenters. The summed E-state index contributed by atoms with van der Waals surface area (Å²) in [6.07, 6.45) is 8.73. The van der Waals surface area contributed by atoms with Crippen molar-refractivity contribution in [3.05, 3.63) is 60.0 Å². The second kappa shape index (κ2) is 10.1. The van der Waals surface area contributed by atoms with Crippen LogP contribution in [0.5, 0.6) is 0 Å². The SMILES string of the molecule is CCCCC(=O)Nc1ccc(N2C=CC=CC(C(=O)OC)=C2C(=O)OC)cc1. The number of ether oxygens (including phenoxy) is 2. The Labute approximate surface area is 164 Å². The molecule has 0 saturated heterocycles. The second-order valence-electron chi connectivity index (χ2n) is 6.01. The Morgan fingerprint density at radius 2 is 1.68 bits per heavy atom. The van der Waals surface area contributed by atoms with Gasteiger partial charge in [0.2, 0.25) is 5.91 Å². The molecule has 0 aromatic heterocycles. The molecule has 1 N–H and O–H groups in total. The van der Waals surface area contributed by atoms with Gasteiger partial charge >= 0.3 is 11.9 Å². The number of hydrogen-bond donors (Lipinski definition) is 1. The monoisotopic (exact) mass is 384 g/mol. The molecule has 1 aromatic carbocycles. The van der Waals surface area contributed by atoms with Crippen molar-refractivity contribution in [3.8, 4) is 0 Å². The minimum absolute atomic E-state index is 0.0408. The maximum atomic E-state index is 12.4. The summed E-state index contributed by atoms with van der Waals surface area (Å²) in [5.41, 5.74) is 1.39. The molecule has 0 spiro atoms. The van der Waals surface area contributed by atoms with Gasteiger partial charge in [-0.15, -0.1) is 0 Å². The molecule has 148 valence electrons. The number of carbonyl (C=O) groups excluding carboxylic acids is 3. The van der Waals surface area contributed by atoms with E-state index in [1.165, 1.54) is 20.3 Å². The van der Waals surface area contributed by atoms with Crippen molar-refractivity contribution in [2.45, 2.75) is 26.2 Å². The first-order valence-electron chi connectivity index (χ1n) is 8.96. The Kier molecular flexibility index (Phi) is 7.56. The van der Waals surface area contributed by atoms with E-state index in [-0.39, 0.29) is 17.2 Å². The Morgan fingerprint density at radius 1 is 1.00 bits per heavy atom. The molecule has 1 amide bonds. The zero-order valence-corrected chi connectivity index (χ0v) is 16.2. The van der Waals surface area contributed by atoms with Gasteiger partial charge in [-0.25, -0.2) is 9.59 Å². The van der Waals surface area contributed by atoms with Crippen LogP contribution in [0.1, 0.15) is 26.2 Å². The van der Waals surface area contributed by atoms with Gasteiger partial charge in [-0.3, -0.25) is 4.79 Å². The first-order valence-corrected chi connectivity index (χ1v) is 8.96. The lowest BCUT2D eigenvalue weighted by molar-refractivity contribution is -0.139. The van der Waals surface area contributed by atoms with Gasteiger partial charge in [-0.2, -0.15) is 0 Å². The minimum Gasteiger partial charge on any atom is -0.465 e. The highest BCUT2D eigenvalue weighted by molar-refractivity contribution is 6.05. The maximum absolute atomic E-state index is 12.4. The molecule has 7 nitrogen and oxygen atoms in total. The van der Waals surface area contributed by atoms with E-state index in [1.807, 2.05) is 6.92 Å². The Balaban J connectivity index is 2.34. The summed E-state index contributed by atoms with van der Waals surface area (Å²) >= 11 is 0. The normalized spacial score (nSPS) is 13.2. The number of hydrogen-bond acceptors (Lipinski definition) is 6. The first-order chi connectivity index (χ1) is 13.5. The van der Waals surface area contributed by atoms with Crippen molar-refractivity contribution >= 4 is 29.2 Å². The smallest absolute Gasteiger partial charge is 0.355 e. The van der Waals surface area contributed by atoms with Gasteiger partial charge in [0.15, 0.2) is 0 Å². The molecular weight excluding hydrogens is 360 g/mol. The Morgan fingerprint density at radius 3 is 2.29 bits per heavy atom. The Hall–Kier alpha value is -3.35. The van der Waals surface area contributed by atoms with Crippen molar-refractivity contribution in [1.29, 1.82) is 0 Å². The number of allylic oxidation sites excluding steroid dienone is 2. The predicted molar refractivity (Wildman–Crippen MR) is 106 cm³/mol. The molecule has 1 heterocycles. The maximum Gasteiger partial charge on any atom is 0.355 e. The molecule has 0 fully saturated rings. The molecule has 1 aromatic rings. The van der Waals surface area contributed by atoms with Crippen LogP contribution in [0.3, 0.4) is 0 Å². The fourth-order valence-corrected chi connectivity index (χ4v) is 2.63. The number of carbonyl (C=O) groups is 3. The van der Waals surface area contributed by atoms with Crippen LogP contribution < -0.4 is 10.2 Å². The van der Waals surface area contributed by atoms with Crippen LogP contribution in [0.4, 0.5) is 11.4 Å². The van der Waals surface area contributed by atoms with Crippen LogP contribution in [0, 0.1) is 0 Å². The lowest BCUT2D eigenvalue weighted by Crippen LogP contribution is -2.26. The zero-order chi connectivity index (χ0) is 20.5. The van der Waals surface area contributed by atoms with Crippen molar-refractivity contribution in [3.63, 3.8) is 0 Å². The van der Waals surface area contributed by atoms with Gasteiger partial charge in [-0.1, -0.05) is 19.4 Å². The standard InChI is InChI=1S/C21H24N2O5/c1-4-5-9-18(24)22-15-10-12-16(13-11-15)23-14-7-6-8-17(20(25)27-2)19(23)21(26)28-3/h6-8,10-14H,4-5,9H2,1-3H3,(H,22,24). The molecule has 0 radical (unpaired) electrons. The van der Waals surface area contributed by atoms with E-state index in [4.69, 9.17) is 9.47 Å². The van der Waals surface area contributed by atoms with Crippen LogP contribution in [0.15, 0.2) is 60.0 Å². The second-order valence-corrected chi connectivity index (χ2v) is 6.01. The molecule has 0 aliphatic carbocycles. The van der Waals surface area contributed by atoms with Gasteiger partial charge in [-0.05, 0) is 42.8 Å². The molecule has 2 rings (SSSR count). The third-order valence-electron chi connectivity index (χ3n) is 4.08. The number of esters is 2. The highest BCUT2D eigenvalue weighted by Gasteiger charge is 2.27. The number of benzene rings is 1. The lowest BCUT2D eigenvalue weighted by atomic mass is 10.1. The summed E-state index contributed by atoms with van der Waals surface area (Å²) in [6, 6.07) is 6.95. The number of unbranched alkanes of at least 4 members (excludes halogenated alkanes) is 1. The third kappa shape index (κ3) is 5.09. The summed E-state index contributed by atoms with van der Waals surface area (Å²) < 4.78 is 9.66. The quantitative estimate of drug-likeness (QED) is 0.726. The topological polar surface area (TPSA) is 84.9 Å². The van der Waals surface area contributed by atoms with Gasteiger partial charge in [0, 0.05) is 24.0 Å². The van der Waals surface area contributed by atoms with E-state index >= 15 is 0 Å². The highest BCUT2D eigenvalue weighted by Crippen LogP contribution is 2.27. The number of nitrogens with zero attached hydrogens (tertiary/aromatic N) is 1. The van der Waals surface area contributed by atoms with Crippen molar-refractivity contribution in [2.75, 3.05) is 24.4 Å². The molecule has 0 bridgehead atoms. The zero-order valence-electron chi connectivity index (χ0n) is 16.2. The fraction of sp³-hybridized carbons (Fsp3) is 0.286. The van der Waals surface area contributed by atoms with E-state index in [2.05, 4.69) is 5.32 Å². The summed E-state index contributed by atoms with van der Waals surface area (Å²) in [5, 5.41) is 2.83. The fourth-order valence-electron chi connectivity index (χ4n) is 2.63. The van der Waals surface area contributed by atoms with E-state index in [0.717, 1.165) is 12.8 Å². The van der Waals surface area contributed by atoms with Gasteiger partial charge in [0.05, 0.1) is 19.8 Å². The highest BCUT2D eigenvalue weighted by atomic mass is 16.5. The average Bonchev–Trinajstić information content (AvgIpc) is 2.94. The van der Waals surface area contributed by atoms with Crippen LogP contribution in [-0.2, 0) is 23.9 Å². The molecular formula is C21H24N2O5. The third-order valence-corrected chi connectivity index (χ3v) is 4.08. The number of nitrogens with one attached hydrogen (secondary N) is 1.